The largest absolute Gasteiger partial charge is 0.394 e. The van der Waals surface area contributed by atoms with Gasteiger partial charge in [0.15, 0.2) is 18.2 Å². The molecule has 0 spiro atoms. The molecule has 0 aromatic carbocycles. The van der Waals surface area contributed by atoms with E-state index in [-0.39, 0.29) is 17.0 Å². The zero-order valence-corrected chi connectivity index (χ0v) is 11.7. The van der Waals surface area contributed by atoms with Gasteiger partial charge in [0, 0.05) is 11.8 Å². The maximum Gasteiger partial charge on any atom is 0.181 e. The zero-order chi connectivity index (χ0) is 16.1. The Morgan fingerprint density at radius 2 is 2.32 bits per heavy atom. The molecule has 0 amide bonds. The Labute approximate surface area is 124 Å². The summed E-state index contributed by atoms with van der Waals surface area (Å²) in [5, 5.41) is 19.4. The van der Waals surface area contributed by atoms with E-state index in [1.54, 1.807) is 0 Å². The van der Waals surface area contributed by atoms with Crippen molar-refractivity contribution in [2.45, 2.75) is 31.0 Å². The summed E-state index contributed by atoms with van der Waals surface area (Å²) in [6, 6.07) is 0. The standard InChI is InChI=1S/C13H15FN4O4/c1-13(14)9(21)7(4-20)22-12(13)18-2-6(3-19)8-10(15)16-5-17-11(8)18/h2-3,5,7,9,12,20-21H,4H2,1H3,(H2,15,16,17)/t7?,9-,12?,13-/m1/s1. The molecular weight excluding hydrogens is 295 g/mol. The Bertz CT molecular complexity index is 732. The molecule has 2 aromatic rings. The molecule has 4 N–H and O–H groups in total. The van der Waals surface area contributed by atoms with E-state index in [2.05, 4.69) is 9.97 Å². The van der Waals surface area contributed by atoms with Crippen LogP contribution < -0.4 is 5.73 Å². The molecule has 2 unspecified atom stereocenters. The molecule has 118 valence electrons. The number of aldehydes is 1. The highest BCUT2D eigenvalue weighted by Gasteiger charge is 2.55. The lowest BCUT2D eigenvalue weighted by Crippen LogP contribution is -2.40. The van der Waals surface area contributed by atoms with Gasteiger partial charge in [0.25, 0.3) is 0 Å². The summed E-state index contributed by atoms with van der Waals surface area (Å²) in [6.45, 7) is 0.628. The van der Waals surface area contributed by atoms with Crippen molar-refractivity contribution >= 4 is 23.1 Å². The molecule has 22 heavy (non-hydrogen) atoms. The summed E-state index contributed by atoms with van der Waals surface area (Å²) >= 11 is 0. The number of fused-ring (bicyclic) bond motifs is 1. The first-order valence-electron chi connectivity index (χ1n) is 6.61. The Morgan fingerprint density at radius 3 is 2.91 bits per heavy atom. The van der Waals surface area contributed by atoms with Crippen LogP contribution in [-0.4, -0.2) is 55.5 Å². The number of hydrogen-bond donors (Lipinski definition) is 3. The van der Waals surface area contributed by atoms with Crippen LogP contribution in [0.15, 0.2) is 12.5 Å². The van der Waals surface area contributed by atoms with Gasteiger partial charge >= 0.3 is 0 Å². The average Bonchev–Trinajstić information content (AvgIpc) is 2.97. The van der Waals surface area contributed by atoms with E-state index in [9.17, 15) is 19.4 Å². The fraction of sp³-hybridized carbons (Fsp3) is 0.462. The second-order valence-electron chi connectivity index (χ2n) is 5.37. The van der Waals surface area contributed by atoms with E-state index >= 15 is 0 Å². The fourth-order valence-electron chi connectivity index (χ4n) is 2.77. The van der Waals surface area contributed by atoms with Crippen molar-refractivity contribution in [3.8, 4) is 0 Å². The number of aromatic nitrogens is 3. The van der Waals surface area contributed by atoms with E-state index in [4.69, 9.17) is 10.5 Å². The number of rotatable bonds is 3. The lowest BCUT2D eigenvalue weighted by Gasteiger charge is -2.25. The van der Waals surface area contributed by atoms with Gasteiger partial charge in [-0.1, -0.05) is 0 Å². The smallest absolute Gasteiger partial charge is 0.181 e. The molecule has 4 atom stereocenters. The molecule has 8 nitrogen and oxygen atoms in total. The molecule has 0 bridgehead atoms. The minimum absolute atomic E-state index is 0.0867. The highest BCUT2D eigenvalue weighted by Crippen LogP contribution is 2.43. The summed E-state index contributed by atoms with van der Waals surface area (Å²) in [5.41, 5.74) is 3.97. The maximum atomic E-state index is 14.9. The first-order chi connectivity index (χ1) is 10.4. The summed E-state index contributed by atoms with van der Waals surface area (Å²) in [6.07, 6.45) is -0.756. The maximum absolute atomic E-state index is 14.9. The van der Waals surface area contributed by atoms with Crippen LogP contribution in [-0.2, 0) is 4.74 Å². The number of anilines is 1. The van der Waals surface area contributed by atoms with E-state index in [1.165, 1.54) is 17.1 Å². The summed E-state index contributed by atoms with van der Waals surface area (Å²) in [5.74, 6) is 0.0867. The van der Waals surface area contributed by atoms with Crippen LogP contribution in [0.1, 0.15) is 23.5 Å². The monoisotopic (exact) mass is 310 g/mol. The predicted molar refractivity (Wildman–Crippen MR) is 73.8 cm³/mol. The number of carbonyl (C=O) groups is 1. The van der Waals surface area contributed by atoms with Gasteiger partial charge < -0.3 is 25.3 Å². The Morgan fingerprint density at radius 1 is 1.59 bits per heavy atom. The van der Waals surface area contributed by atoms with Crippen LogP contribution in [0.5, 0.6) is 0 Å². The number of hydrogen-bond acceptors (Lipinski definition) is 7. The lowest BCUT2D eigenvalue weighted by molar-refractivity contribution is -0.0564. The van der Waals surface area contributed by atoms with Gasteiger partial charge in [-0.25, -0.2) is 14.4 Å². The molecule has 1 saturated heterocycles. The van der Waals surface area contributed by atoms with Crippen LogP contribution >= 0.6 is 0 Å². The SMILES string of the molecule is C[C@]1(F)C(n2cc(C=O)c3c(N)ncnc32)OC(CO)[C@H]1O. The third-order valence-electron chi connectivity index (χ3n) is 3.94. The van der Waals surface area contributed by atoms with Gasteiger partial charge in [-0.2, -0.15) is 0 Å². The van der Waals surface area contributed by atoms with E-state index < -0.39 is 30.7 Å². The number of alkyl halides is 1. The second-order valence-corrected chi connectivity index (χ2v) is 5.37. The Kier molecular flexibility index (Phi) is 3.35. The predicted octanol–water partition coefficient (Wildman–Crippen LogP) is -0.195. The van der Waals surface area contributed by atoms with Gasteiger partial charge in [0.2, 0.25) is 0 Å². The lowest BCUT2D eigenvalue weighted by atomic mass is 9.98. The van der Waals surface area contributed by atoms with Crippen molar-refractivity contribution in [3.63, 3.8) is 0 Å². The number of nitrogens with zero attached hydrogens (tertiary/aromatic N) is 3. The summed E-state index contributed by atoms with van der Waals surface area (Å²) < 4.78 is 21.6. The first-order valence-corrected chi connectivity index (χ1v) is 6.61. The topological polar surface area (TPSA) is 123 Å². The van der Waals surface area contributed by atoms with Crippen molar-refractivity contribution in [2.24, 2.45) is 0 Å². The van der Waals surface area contributed by atoms with Crippen molar-refractivity contribution in [1.82, 2.24) is 14.5 Å². The average molecular weight is 310 g/mol. The minimum Gasteiger partial charge on any atom is -0.394 e. The van der Waals surface area contributed by atoms with Crippen molar-refractivity contribution in [3.05, 3.63) is 18.1 Å². The first kappa shape index (κ1) is 14.8. The van der Waals surface area contributed by atoms with E-state index in [1.807, 2.05) is 0 Å². The van der Waals surface area contributed by atoms with Gasteiger partial charge in [0.05, 0.1) is 12.0 Å². The molecule has 9 heteroatoms. The van der Waals surface area contributed by atoms with Gasteiger partial charge in [-0.05, 0) is 6.92 Å². The number of nitrogen functional groups attached to an aromatic ring is 1. The van der Waals surface area contributed by atoms with Gasteiger partial charge in [0.1, 0.15) is 30.0 Å². The quantitative estimate of drug-likeness (QED) is 0.671. The number of aliphatic hydroxyl groups is 2. The number of halogens is 1. The molecule has 0 saturated carbocycles. The fourth-order valence-corrected chi connectivity index (χ4v) is 2.77. The van der Waals surface area contributed by atoms with Crippen LogP contribution in [0.2, 0.25) is 0 Å². The molecule has 3 rings (SSSR count). The Hall–Kier alpha value is -2.10. The summed E-state index contributed by atoms with van der Waals surface area (Å²) in [7, 11) is 0. The molecule has 0 radical (unpaired) electrons. The van der Waals surface area contributed by atoms with Crippen LogP contribution in [0.3, 0.4) is 0 Å². The van der Waals surface area contributed by atoms with Gasteiger partial charge in [-0.3, -0.25) is 4.79 Å². The number of aliphatic hydroxyl groups excluding tert-OH is 2. The third kappa shape index (κ3) is 1.90. The third-order valence-corrected chi connectivity index (χ3v) is 3.94. The van der Waals surface area contributed by atoms with Crippen LogP contribution in [0.25, 0.3) is 11.0 Å². The highest BCUT2D eigenvalue weighted by molar-refractivity contribution is 6.01. The van der Waals surface area contributed by atoms with E-state index in [0.29, 0.717) is 11.7 Å². The summed E-state index contributed by atoms with van der Waals surface area (Å²) in [4.78, 5) is 19.0. The van der Waals surface area contributed by atoms with Crippen LogP contribution in [0, 0.1) is 0 Å². The van der Waals surface area contributed by atoms with Crippen LogP contribution in [0.4, 0.5) is 10.2 Å². The molecule has 3 heterocycles. The number of carbonyl (C=O) groups excluding carboxylic acids is 1. The molecule has 1 fully saturated rings. The van der Waals surface area contributed by atoms with Crippen molar-refractivity contribution < 1.29 is 24.1 Å². The molecule has 1 aliphatic heterocycles. The van der Waals surface area contributed by atoms with Crippen molar-refractivity contribution in [2.75, 3.05) is 12.3 Å². The normalized spacial score (nSPS) is 31.7. The molecule has 1 aliphatic rings. The van der Waals surface area contributed by atoms with Crippen molar-refractivity contribution in [1.29, 1.82) is 0 Å². The molecule has 0 aliphatic carbocycles. The zero-order valence-electron chi connectivity index (χ0n) is 11.7. The van der Waals surface area contributed by atoms with E-state index in [0.717, 1.165) is 6.92 Å². The number of ether oxygens (including phenoxy) is 1. The number of nitrogens with two attached hydrogens (primary N) is 1. The van der Waals surface area contributed by atoms with Gasteiger partial charge in [-0.15, -0.1) is 0 Å². The Balaban J connectivity index is 2.19. The highest BCUT2D eigenvalue weighted by atomic mass is 19.1. The molecule has 2 aromatic heterocycles. The minimum atomic E-state index is -2.18. The molecular formula is C13H15FN4O4. The second kappa shape index (κ2) is 4.97.